The van der Waals surface area contributed by atoms with Gasteiger partial charge in [-0.1, -0.05) is 13.0 Å². The molecule has 1 aromatic carbocycles. The molecule has 0 heterocycles. The molecular weight excluding hydrogens is 231 g/mol. The molecule has 0 unspecified atom stereocenters. The number of benzene rings is 1. The van der Waals surface area contributed by atoms with Gasteiger partial charge in [0.2, 0.25) is 0 Å². The van der Waals surface area contributed by atoms with E-state index in [0.717, 1.165) is 25.1 Å². The molecular formula is C14H23FN2O. The van der Waals surface area contributed by atoms with E-state index < -0.39 is 0 Å². The van der Waals surface area contributed by atoms with Crippen molar-refractivity contribution in [3.63, 3.8) is 0 Å². The third kappa shape index (κ3) is 4.27. The number of nitrogens with zero attached hydrogens (tertiary/aromatic N) is 1. The zero-order chi connectivity index (χ0) is 13.4. The second kappa shape index (κ2) is 8.06. The summed E-state index contributed by atoms with van der Waals surface area (Å²) < 4.78 is 13.8. The van der Waals surface area contributed by atoms with Crippen LogP contribution in [-0.2, 0) is 6.54 Å². The van der Waals surface area contributed by atoms with E-state index in [9.17, 15) is 4.39 Å². The maximum absolute atomic E-state index is 13.8. The SMILES string of the molecule is CCCNCc1ccc(F)c(N(CC)CCO)c1. The van der Waals surface area contributed by atoms with E-state index in [0.29, 0.717) is 18.8 Å². The molecule has 0 bridgehead atoms. The predicted octanol–water partition coefficient (Wildman–Crippen LogP) is 2.14. The summed E-state index contributed by atoms with van der Waals surface area (Å²) in [6.07, 6.45) is 1.08. The molecule has 1 rings (SSSR count). The summed E-state index contributed by atoms with van der Waals surface area (Å²) in [6.45, 7) is 6.95. The second-order valence-corrected chi connectivity index (χ2v) is 4.27. The molecule has 2 N–H and O–H groups in total. The van der Waals surface area contributed by atoms with Crippen LogP contribution in [-0.4, -0.2) is 31.3 Å². The van der Waals surface area contributed by atoms with E-state index in [-0.39, 0.29) is 12.4 Å². The van der Waals surface area contributed by atoms with Gasteiger partial charge in [-0.15, -0.1) is 0 Å². The summed E-state index contributed by atoms with van der Waals surface area (Å²) in [4.78, 5) is 1.85. The first-order chi connectivity index (χ1) is 8.72. The van der Waals surface area contributed by atoms with Crippen LogP contribution < -0.4 is 10.2 Å². The summed E-state index contributed by atoms with van der Waals surface area (Å²) in [5.74, 6) is -0.232. The Bertz CT molecular complexity index is 358. The third-order valence-corrected chi connectivity index (χ3v) is 2.86. The number of aliphatic hydroxyl groups excluding tert-OH is 1. The lowest BCUT2D eigenvalue weighted by Gasteiger charge is -2.23. The number of halogens is 1. The minimum Gasteiger partial charge on any atom is -0.395 e. The van der Waals surface area contributed by atoms with Gasteiger partial charge in [-0.05, 0) is 37.6 Å². The topological polar surface area (TPSA) is 35.5 Å². The molecule has 0 saturated carbocycles. The van der Waals surface area contributed by atoms with E-state index in [2.05, 4.69) is 12.2 Å². The third-order valence-electron chi connectivity index (χ3n) is 2.86. The molecule has 18 heavy (non-hydrogen) atoms. The Morgan fingerprint density at radius 2 is 2.11 bits per heavy atom. The van der Waals surface area contributed by atoms with Crippen LogP contribution in [0.15, 0.2) is 18.2 Å². The molecule has 0 aliphatic rings. The standard InChI is InChI=1S/C14H23FN2O/c1-3-7-16-11-12-5-6-13(15)14(10-12)17(4-2)8-9-18/h5-6,10,16,18H,3-4,7-9,11H2,1-2H3. The average Bonchev–Trinajstić information content (AvgIpc) is 2.38. The quantitative estimate of drug-likeness (QED) is 0.698. The zero-order valence-electron chi connectivity index (χ0n) is 11.2. The zero-order valence-corrected chi connectivity index (χ0v) is 11.2. The lowest BCUT2D eigenvalue weighted by Crippen LogP contribution is -2.27. The molecule has 3 nitrogen and oxygen atoms in total. The van der Waals surface area contributed by atoms with Gasteiger partial charge in [0.05, 0.1) is 12.3 Å². The van der Waals surface area contributed by atoms with E-state index in [1.54, 1.807) is 6.07 Å². The summed E-state index contributed by atoms with van der Waals surface area (Å²) in [5.41, 5.74) is 1.64. The van der Waals surface area contributed by atoms with Crippen LogP contribution in [0.25, 0.3) is 0 Å². The van der Waals surface area contributed by atoms with E-state index in [4.69, 9.17) is 5.11 Å². The number of aliphatic hydroxyl groups is 1. The van der Waals surface area contributed by atoms with Gasteiger partial charge in [-0.3, -0.25) is 0 Å². The number of hydrogen-bond donors (Lipinski definition) is 2. The fourth-order valence-corrected chi connectivity index (χ4v) is 1.89. The number of rotatable bonds is 8. The largest absolute Gasteiger partial charge is 0.395 e. The minimum absolute atomic E-state index is 0.0333. The molecule has 4 heteroatoms. The van der Waals surface area contributed by atoms with Gasteiger partial charge >= 0.3 is 0 Å². The average molecular weight is 254 g/mol. The van der Waals surface area contributed by atoms with Crippen molar-refractivity contribution in [1.82, 2.24) is 5.32 Å². The van der Waals surface area contributed by atoms with Gasteiger partial charge in [0.15, 0.2) is 0 Å². The molecule has 0 amide bonds. The Morgan fingerprint density at radius 1 is 1.33 bits per heavy atom. The number of anilines is 1. The highest BCUT2D eigenvalue weighted by Crippen LogP contribution is 2.20. The molecule has 102 valence electrons. The highest BCUT2D eigenvalue weighted by atomic mass is 19.1. The van der Waals surface area contributed by atoms with Crippen LogP contribution in [0.1, 0.15) is 25.8 Å². The summed E-state index contributed by atoms with van der Waals surface area (Å²) in [5, 5.41) is 12.3. The normalized spacial score (nSPS) is 10.7. The highest BCUT2D eigenvalue weighted by Gasteiger charge is 2.10. The first-order valence-corrected chi connectivity index (χ1v) is 6.57. The maximum atomic E-state index is 13.8. The van der Waals surface area contributed by atoms with E-state index in [1.807, 2.05) is 17.9 Å². The Balaban J connectivity index is 2.79. The Labute approximate surface area is 109 Å². The van der Waals surface area contributed by atoms with Gasteiger partial charge < -0.3 is 15.3 Å². The minimum atomic E-state index is -0.232. The van der Waals surface area contributed by atoms with Crippen LogP contribution in [0.2, 0.25) is 0 Å². The first-order valence-electron chi connectivity index (χ1n) is 6.57. The molecule has 0 atom stereocenters. The van der Waals surface area contributed by atoms with Crippen LogP contribution in [0.5, 0.6) is 0 Å². The number of nitrogens with one attached hydrogen (secondary N) is 1. The number of hydrogen-bond acceptors (Lipinski definition) is 3. The van der Waals surface area contributed by atoms with Crippen molar-refractivity contribution >= 4 is 5.69 Å². The second-order valence-electron chi connectivity index (χ2n) is 4.27. The monoisotopic (exact) mass is 254 g/mol. The van der Waals surface area contributed by atoms with Gasteiger partial charge in [-0.2, -0.15) is 0 Å². The highest BCUT2D eigenvalue weighted by molar-refractivity contribution is 5.50. The summed E-state index contributed by atoms with van der Waals surface area (Å²) in [7, 11) is 0. The summed E-state index contributed by atoms with van der Waals surface area (Å²) in [6, 6.07) is 5.16. The summed E-state index contributed by atoms with van der Waals surface area (Å²) >= 11 is 0. The molecule has 0 spiro atoms. The molecule has 0 radical (unpaired) electrons. The molecule has 0 fully saturated rings. The first kappa shape index (κ1) is 14.9. The molecule has 0 aliphatic carbocycles. The van der Waals surface area contributed by atoms with Crippen molar-refractivity contribution in [2.45, 2.75) is 26.8 Å². The van der Waals surface area contributed by atoms with Crippen LogP contribution in [0, 0.1) is 5.82 Å². The molecule has 1 aromatic rings. The van der Waals surface area contributed by atoms with Gasteiger partial charge in [0.25, 0.3) is 0 Å². The van der Waals surface area contributed by atoms with Crippen molar-refractivity contribution in [2.24, 2.45) is 0 Å². The van der Waals surface area contributed by atoms with Gasteiger partial charge in [0.1, 0.15) is 5.82 Å². The fourth-order valence-electron chi connectivity index (χ4n) is 1.89. The van der Waals surface area contributed by atoms with E-state index in [1.165, 1.54) is 6.07 Å². The molecule has 0 aliphatic heterocycles. The lowest BCUT2D eigenvalue weighted by molar-refractivity contribution is 0.302. The molecule has 0 saturated heterocycles. The van der Waals surface area contributed by atoms with Crippen LogP contribution in [0.3, 0.4) is 0 Å². The Kier molecular flexibility index (Phi) is 6.68. The number of likely N-dealkylation sites (N-methyl/N-ethyl adjacent to an activating group) is 1. The van der Waals surface area contributed by atoms with Crippen LogP contribution in [0.4, 0.5) is 10.1 Å². The van der Waals surface area contributed by atoms with Crippen LogP contribution >= 0.6 is 0 Å². The Morgan fingerprint density at radius 3 is 2.72 bits per heavy atom. The van der Waals surface area contributed by atoms with Gasteiger partial charge in [-0.25, -0.2) is 4.39 Å². The van der Waals surface area contributed by atoms with Gasteiger partial charge in [0, 0.05) is 19.6 Å². The fraction of sp³-hybridized carbons (Fsp3) is 0.571. The maximum Gasteiger partial charge on any atom is 0.146 e. The molecule has 0 aromatic heterocycles. The lowest BCUT2D eigenvalue weighted by atomic mass is 10.1. The van der Waals surface area contributed by atoms with E-state index >= 15 is 0 Å². The smallest absolute Gasteiger partial charge is 0.146 e. The van der Waals surface area contributed by atoms with Crippen molar-refractivity contribution in [2.75, 3.05) is 31.1 Å². The predicted molar refractivity (Wildman–Crippen MR) is 73.4 cm³/mol. The van der Waals surface area contributed by atoms with Crippen molar-refractivity contribution in [3.05, 3.63) is 29.6 Å². The van der Waals surface area contributed by atoms with Crippen molar-refractivity contribution in [3.8, 4) is 0 Å². The Hall–Kier alpha value is -1.13. The van der Waals surface area contributed by atoms with Crippen molar-refractivity contribution in [1.29, 1.82) is 0 Å². The van der Waals surface area contributed by atoms with Crippen molar-refractivity contribution < 1.29 is 9.50 Å².